The number of thioether (sulfide) groups is 3. The van der Waals surface area contributed by atoms with Gasteiger partial charge in [-0.2, -0.15) is 0 Å². The Morgan fingerprint density at radius 2 is 0.564 bits per heavy atom. The zero-order chi connectivity index (χ0) is 73.3. The number of hydrogen-bond donors (Lipinski definition) is 16. The summed E-state index contributed by atoms with van der Waals surface area (Å²) in [5.74, 6) is -43.2. The van der Waals surface area contributed by atoms with E-state index in [1.807, 2.05) is 0 Å². The van der Waals surface area contributed by atoms with Crippen LogP contribution in [0.4, 0.5) is 74.6 Å². The van der Waals surface area contributed by atoms with Gasteiger partial charge in [-0.05, 0) is 55.0 Å². The molecule has 2 saturated heterocycles. The van der Waals surface area contributed by atoms with Gasteiger partial charge in [-0.25, -0.2) is 74.6 Å². The average Bonchev–Trinajstić information content (AvgIpc) is 1.70. The van der Waals surface area contributed by atoms with E-state index in [1.54, 1.807) is 0 Å². The summed E-state index contributed by atoms with van der Waals surface area (Å²) in [7, 11) is 0. The number of aromatic amines is 4. The zero-order valence-electron chi connectivity index (χ0n) is 49.9. The Morgan fingerprint density at radius 1 is 0.297 bits per heavy atom. The molecule has 1 aliphatic carbocycles. The van der Waals surface area contributed by atoms with Crippen LogP contribution in [-0.2, 0) is 9.47 Å². The van der Waals surface area contributed by atoms with Crippen LogP contribution in [0.1, 0.15) is 51.5 Å². The Morgan fingerprint density at radius 3 is 0.851 bits per heavy atom. The Hall–Kier alpha value is -7.22. The van der Waals surface area contributed by atoms with Gasteiger partial charge in [0.15, 0.2) is 93.1 Å². The van der Waals surface area contributed by atoms with E-state index >= 15 is 70.2 Å². The van der Waals surface area contributed by atoms with E-state index in [9.17, 15) is 65.7 Å². The molecule has 3 aliphatic heterocycles. The van der Waals surface area contributed by atoms with Gasteiger partial charge in [-0.15, -0.1) is 11.8 Å². The standard InChI is InChI=1S/C63H47F17N4O14S3/c64-33-29(34(65)42(73)43(74)41(33)72)25-14-1-3-16(81-14)26(30-35(66)44(75)59(45(76)36(30)67)99-24-9-13(10-85)50(88)54(92)53(24)91)17-5-6-20(83-17)28(32-39(70)48(79)61(49(80)40(32)71)101-63-58(96)56(94)52(90)23(12-87)98-63)21-8-7-19(84-21)27(18-4-2-15(25)82-18)31-37(68)46(77)60(47(78)38(31)69)100-62-57(95)55(93)51(89)22(11-86)97-62/h1-8,13,22-24,50-58,62-63,81-96H,9-12H2/t13-,22-,23-,24+,50-,51-,52-,53-,54+,55+,56+,57+,58+,62-,63-/m1/s1. The van der Waals surface area contributed by atoms with Crippen molar-refractivity contribution in [2.45, 2.75) is 104 Å². The maximum atomic E-state index is 17.4. The molecule has 8 aromatic rings. The van der Waals surface area contributed by atoms with E-state index in [4.69, 9.17) is 9.47 Å². The van der Waals surface area contributed by atoms with Crippen molar-refractivity contribution in [1.29, 1.82) is 0 Å². The fourth-order valence-electron chi connectivity index (χ4n) is 12.3. The number of hydrogen-bond acceptors (Lipinski definition) is 17. The average molecular weight is 1500 g/mol. The first kappa shape index (κ1) is 73.5. The second-order valence-electron chi connectivity index (χ2n) is 23.4. The van der Waals surface area contributed by atoms with E-state index < -0.39 is 318 Å². The molecule has 15 atom stereocenters. The molecule has 7 heterocycles. The minimum Gasteiger partial charge on any atom is -0.396 e. The minimum absolute atomic E-state index is 0.123. The first-order chi connectivity index (χ1) is 47.8. The topological polar surface area (TPSA) is 324 Å². The molecule has 18 nitrogen and oxygen atoms in total. The lowest BCUT2D eigenvalue weighted by Crippen LogP contribution is -2.57. The fraction of sp³-hybridized carbons (Fsp3) is 0.302. The van der Waals surface area contributed by atoms with Gasteiger partial charge in [-0.1, -0.05) is 23.5 Å². The van der Waals surface area contributed by atoms with Gasteiger partial charge >= 0.3 is 0 Å². The van der Waals surface area contributed by atoms with Gasteiger partial charge in [0.2, 0.25) is 5.82 Å². The van der Waals surface area contributed by atoms with Crippen LogP contribution in [0.3, 0.4) is 0 Å². The summed E-state index contributed by atoms with van der Waals surface area (Å²) >= 11 is -0.804. The lowest BCUT2D eigenvalue weighted by molar-refractivity contribution is -0.205. The van der Waals surface area contributed by atoms with Gasteiger partial charge in [0, 0.05) is 84.2 Å². The molecular formula is C63H47F17N4O14S3. The normalized spacial score (nSPS) is 26.4. The zero-order valence-corrected chi connectivity index (χ0v) is 52.4. The van der Waals surface area contributed by atoms with Crippen LogP contribution in [0.2, 0.25) is 0 Å². The molecule has 38 heteroatoms. The summed E-state index contributed by atoms with van der Waals surface area (Å²) in [5, 5.41) is 119. The molecule has 0 unspecified atom stereocenters. The maximum absolute atomic E-state index is 17.4. The van der Waals surface area contributed by atoms with Crippen LogP contribution in [0.5, 0.6) is 0 Å². The minimum atomic E-state index is -2.75. The number of fused-ring (bicyclic) bond motifs is 8. The molecule has 0 amide bonds. The summed E-state index contributed by atoms with van der Waals surface area (Å²) in [4.78, 5) is 4.64. The van der Waals surface area contributed by atoms with Crippen molar-refractivity contribution in [3.63, 3.8) is 0 Å². The smallest absolute Gasteiger partial charge is 0.200 e. The highest BCUT2D eigenvalue weighted by Crippen LogP contribution is 2.46. The summed E-state index contributed by atoms with van der Waals surface area (Å²) in [6.07, 6.45) is -23.4. The molecule has 3 fully saturated rings. The van der Waals surface area contributed by atoms with E-state index in [2.05, 4.69) is 19.9 Å². The number of ether oxygens (including phenoxy) is 2. The quantitative estimate of drug-likeness (QED) is 0.0448. The van der Waals surface area contributed by atoms with Crippen molar-refractivity contribution in [3.8, 4) is 0 Å². The third-order valence-electron chi connectivity index (χ3n) is 17.5. The van der Waals surface area contributed by atoms with Gasteiger partial charge in [0.1, 0.15) is 65.8 Å². The molecule has 8 bridgehead atoms. The predicted octanol–water partition coefficient (Wildman–Crippen LogP) is 3.01. The molecule has 101 heavy (non-hydrogen) atoms. The Bertz CT molecular complexity index is 4810. The Kier molecular flexibility index (Phi) is 20.5. The van der Waals surface area contributed by atoms with Gasteiger partial charge in [0.05, 0.1) is 62.4 Å². The molecule has 1 saturated carbocycles. The van der Waals surface area contributed by atoms with Crippen molar-refractivity contribution in [2.75, 3.05) is 19.8 Å². The number of rotatable bonds is 13. The number of halogens is 17. The number of H-pyrrole nitrogens is 4. The Balaban J connectivity index is 1.17. The molecule has 0 spiro atoms. The fourth-order valence-corrected chi connectivity index (χ4v) is 15.9. The Labute approximate surface area is 564 Å². The highest BCUT2D eigenvalue weighted by Gasteiger charge is 2.49. The molecule has 12 rings (SSSR count). The van der Waals surface area contributed by atoms with Crippen LogP contribution >= 0.6 is 35.3 Å². The second-order valence-corrected chi connectivity index (χ2v) is 26.9. The summed E-state index contributed by atoms with van der Waals surface area (Å²) in [6.45, 7) is -3.11. The maximum Gasteiger partial charge on any atom is 0.200 e. The van der Waals surface area contributed by atoms with E-state index in [0.29, 0.717) is 48.5 Å². The molecule has 0 radical (unpaired) electrons. The molecule has 16 N–H and O–H groups in total. The lowest BCUT2D eigenvalue weighted by Gasteiger charge is -2.39. The largest absolute Gasteiger partial charge is 0.396 e. The number of aliphatic hydroxyl groups excluding tert-OH is 12. The summed E-state index contributed by atoms with van der Waals surface area (Å²) in [5.41, 5.74) is -20.4. The van der Waals surface area contributed by atoms with E-state index in [1.165, 1.54) is 0 Å². The molecule has 540 valence electrons. The van der Waals surface area contributed by atoms with Gasteiger partial charge in [0.25, 0.3) is 0 Å². The third-order valence-corrected chi connectivity index (χ3v) is 21.3. The summed E-state index contributed by atoms with van der Waals surface area (Å²) < 4.78 is 295. The van der Waals surface area contributed by atoms with Crippen LogP contribution in [-0.4, -0.2) is 184 Å². The SMILES string of the molecule is OC[C@H]1C[C@H](Sc2c(F)c(F)c(C3=c4ccc([nH]4)=C(c4c(F)c(F)c(F)c(F)c4F)c4ccc([nH]4)C(c4c(F)c(F)c(S[C@H]5O[C@H](CO)[C@@H](O)[C@H](O)[C@@H]5O)c(F)c4F)=c4ccc([nH]4)=C(c4c(F)c(F)c(S[C@H]5O[C@H](CO)[C@@H](O)[C@H](O)[C@@H]5O)c(F)c4F)c4ccc3[nH]4)c(F)c2F)[C@@H](O)[C@@H](O)[C@@H]1O. The summed E-state index contributed by atoms with van der Waals surface area (Å²) in [6, 6.07) is 5.35. The van der Waals surface area contributed by atoms with Crippen molar-refractivity contribution in [2.24, 2.45) is 5.92 Å². The number of aromatic nitrogens is 4. The van der Waals surface area contributed by atoms with Crippen LogP contribution in [0, 0.1) is 105 Å². The third kappa shape index (κ3) is 12.2. The molecule has 4 aromatic heterocycles. The van der Waals surface area contributed by atoms with Crippen molar-refractivity contribution in [1.82, 2.24) is 19.9 Å². The molecule has 4 aromatic carbocycles. The monoisotopic (exact) mass is 1500 g/mol. The van der Waals surface area contributed by atoms with E-state index in [0.717, 1.165) is 0 Å². The lowest BCUT2D eigenvalue weighted by atomic mass is 9.83. The first-order valence-electron chi connectivity index (χ1n) is 29.4. The van der Waals surface area contributed by atoms with Gasteiger partial charge < -0.3 is 90.7 Å². The van der Waals surface area contributed by atoms with Crippen molar-refractivity contribution in [3.05, 3.63) is 214 Å². The number of nitrogens with one attached hydrogen (secondary N) is 4. The first-order valence-corrected chi connectivity index (χ1v) is 32.1. The number of aliphatic hydroxyl groups is 12. The van der Waals surface area contributed by atoms with Crippen LogP contribution in [0.25, 0.3) is 22.3 Å². The van der Waals surface area contributed by atoms with Crippen molar-refractivity contribution >= 4 is 57.6 Å². The number of benzene rings is 4. The highest BCUT2D eigenvalue weighted by atomic mass is 32.2. The predicted molar refractivity (Wildman–Crippen MR) is 315 cm³/mol. The van der Waals surface area contributed by atoms with Crippen molar-refractivity contribution < 1.29 is 145 Å². The molecular weight excluding hydrogens is 1460 g/mol. The highest BCUT2D eigenvalue weighted by molar-refractivity contribution is 8.00. The van der Waals surface area contributed by atoms with Crippen LogP contribution < -0.4 is 21.4 Å². The molecule has 4 aliphatic rings. The van der Waals surface area contributed by atoms with Crippen LogP contribution in [0.15, 0.2) is 63.2 Å². The van der Waals surface area contributed by atoms with Gasteiger partial charge in [-0.3, -0.25) is 0 Å². The second kappa shape index (κ2) is 28.1. The van der Waals surface area contributed by atoms with E-state index in [-0.39, 0.29) is 35.3 Å².